The van der Waals surface area contributed by atoms with Gasteiger partial charge in [-0.2, -0.15) is 0 Å². The number of nitrogens with zero attached hydrogens (tertiary/aromatic N) is 1. The lowest BCUT2D eigenvalue weighted by atomic mass is 9.97. The maximum atomic E-state index is 12.2. The molecule has 0 bridgehead atoms. The van der Waals surface area contributed by atoms with E-state index in [1.54, 1.807) is 11.3 Å². The van der Waals surface area contributed by atoms with Crippen LogP contribution >= 0.6 is 23.7 Å². The van der Waals surface area contributed by atoms with Crippen LogP contribution in [0.25, 0.3) is 10.6 Å². The molecule has 1 aromatic carbocycles. The summed E-state index contributed by atoms with van der Waals surface area (Å²) in [7, 11) is 0. The molecular weight excluding hydrogens is 318 g/mol. The van der Waals surface area contributed by atoms with E-state index in [4.69, 9.17) is 0 Å². The molecule has 2 N–H and O–H groups in total. The summed E-state index contributed by atoms with van der Waals surface area (Å²) in [6.07, 6.45) is 1.84. The normalized spacial score (nSPS) is 15.1. The van der Waals surface area contributed by atoms with Crippen LogP contribution in [0.3, 0.4) is 0 Å². The molecule has 22 heavy (non-hydrogen) atoms. The Labute approximate surface area is 140 Å². The average molecular weight is 338 g/mol. The van der Waals surface area contributed by atoms with E-state index in [2.05, 4.69) is 15.6 Å². The fraction of sp³-hybridized carbons (Fsp3) is 0.375. The first kappa shape index (κ1) is 16.9. The molecule has 3 rings (SSSR count). The zero-order chi connectivity index (χ0) is 14.7. The molecule has 2 heterocycles. The Morgan fingerprint density at radius 1 is 1.27 bits per heavy atom. The maximum Gasteiger partial charge on any atom is 0.227 e. The highest BCUT2D eigenvalue weighted by molar-refractivity contribution is 7.13. The van der Waals surface area contributed by atoms with Crippen molar-refractivity contribution < 1.29 is 4.79 Å². The fourth-order valence-corrected chi connectivity index (χ4v) is 3.31. The van der Waals surface area contributed by atoms with E-state index in [1.165, 1.54) is 0 Å². The lowest BCUT2D eigenvalue weighted by molar-refractivity contribution is -0.120. The van der Waals surface area contributed by atoms with Gasteiger partial charge < -0.3 is 10.6 Å². The van der Waals surface area contributed by atoms with Crippen LogP contribution < -0.4 is 10.6 Å². The van der Waals surface area contributed by atoms with E-state index < -0.39 is 0 Å². The van der Waals surface area contributed by atoms with Crippen molar-refractivity contribution in [3.8, 4) is 10.6 Å². The second kappa shape index (κ2) is 7.72. The molecule has 1 aliphatic heterocycles. The summed E-state index contributed by atoms with van der Waals surface area (Å²) in [6.45, 7) is 3.86. The number of benzene rings is 1. The van der Waals surface area contributed by atoms with Gasteiger partial charge in [0.15, 0.2) is 0 Å². The molecule has 2 aromatic rings. The number of hydrogen-bond donors (Lipinski definition) is 2. The number of rotatable bonds is 3. The Kier molecular flexibility index (Phi) is 5.94. The summed E-state index contributed by atoms with van der Waals surface area (Å²) in [4.78, 5) is 16.6. The quantitative estimate of drug-likeness (QED) is 0.901. The van der Waals surface area contributed by atoms with E-state index >= 15 is 0 Å². The monoisotopic (exact) mass is 337 g/mol. The van der Waals surface area contributed by atoms with E-state index in [-0.39, 0.29) is 24.2 Å². The number of aryl methyl sites for hydroxylation is 1. The number of anilines is 1. The van der Waals surface area contributed by atoms with Gasteiger partial charge in [0.1, 0.15) is 5.01 Å². The van der Waals surface area contributed by atoms with Gasteiger partial charge in [0.05, 0.1) is 0 Å². The Hall–Kier alpha value is -1.43. The number of carbonyl (C=O) groups is 1. The number of halogens is 1. The van der Waals surface area contributed by atoms with Gasteiger partial charge in [0.25, 0.3) is 0 Å². The molecule has 4 nitrogen and oxygen atoms in total. The summed E-state index contributed by atoms with van der Waals surface area (Å²) in [5.74, 6) is 0.266. The molecule has 0 aliphatic carbocycles. The van der Waals surface area contributed by atoms with E-state index in [0.29, 0.717) is 0 Å². The van der Waals surface area contributed by atoms with Gasteiger partial charge in [-0.25, -0.2) is 4.98 Å². The Bertz CT molecular complexity index is 621. The molecule has 0 radical (unpaired) electrons. The van der Waals surface area contributed by atoms with Crippen molar-refractivity contribution in [2.45, 2.75) is 19.8 Å². The first-order valence-electron chi connectivity index (χ1n) is 7.26. The number of hydrogen-bond acceptors (Lipinski definition) is 4. The van der Waals surface area contributed by atoms with Crippen molar-refractivity contribution >= 4 is 35.3 Å². The van der Waals surface area contributed by atoms with Crippen molar-refractivity contribution in [1.82, 2.24) is 10.3 Å². The summed E-state index contributed by atoms with van der Waals surface area (Å²) in [6, 6.07) is 7.92. The van der Waals surface area contributed by atoms with Crippen LogP contribution in [0.4, 0.5) is 5.69 Å². The molecule has 1 saturated heterocycles. The third kappa shape index (κ3) is 4.06. The Morgan fingerprint density at radius 3 is 2.55 bits per heavy atom. The van der Waals surface area contributed by atoms with Crippen LogP contribution in [-0.2, 0) is 4.79 Å². The molecule has 0 unspecified atom stereocenters. The third-order valence-electron chi connectivity index (χ3n) is 3.73. The average Bonchev–Trinajstić information content (AvgIpc) is 2.95. The highest BCUT2D eigenvalue weighted by Crippen LogP contribution is 2.25. The summed E-state index contributed by atoms with van der Waals surface area (Å²) < 4.78 is 0. The zero-order valence-electron chi connectivity index (χ0n) is 12.5. The molecule has 1 amide bonds. The largest absolute Gasteiger partial charge is 0.326 e. The lowest BCUT2D eigenvalue weighted by Gasteiger charge is -2.21. The second-order valence-corrected chi connectivity index (χ2v) is 6.24. The smallest absolute Gasteiger partial charge is 0.227 e. The molecule has 1 aliphatic rings. The minimum Gasteiger partial charge on any atom is -0.326 e. The van der Waals surface area contributed by atoms with Gasteiger partial charge in [-0.3, -0.25) is 4.79 Å². The standard InChI is InChI=1S/C16H19N3OS.ClH/c1-11-10-21-16(18-11)13-2-4-14(5-3-13)19-15(20)12-6-8-17-9-7-12;/h2-5,10,12,17H,6-9H2,1H3,(H,19,20);1H. The first-order chi connectivity index (χ1) is 10.2. The third-order valence-corrected chi connectivity index (χ3v) is 4.74. The molecule has 1 fully saturated rings. The van der Waals surface area contributed by atoms with Crippen LogP contribution in [0.2, 0.25) is 0 Å². The minimum atomic E-state index is 0. The maximum absolute atomic E-state index is 12.2. The molecule has 0 saturated carbocycles. The van der Waals surface area contributed by atoms with E-state index in [0.717, 1.165) is 47.9 Å². The summed E-state index contributed by atoms with van der Waals surface area (Å²) in [5.41, 5.74) is 2.99. The van der Waals surface area contributed by atoms with Crippen LogP contribution in [0, 0.1) is 12.8 Å². The van der Waals surface area contributed by atoms with Gasteiger partial charge in [-0.15, -0.1) is 23.7 Å². The predicted octanol–water partition coefficient (Wildman–Crippen LogP) is 3.48. The SMILES string of the molecule is Cc1csc(-c2ccc(NC(=O)C3CCNCC3)cc2)n1.Cl. The van der Waals surface area contributed by atoms with Gasteiger partial charge >= 0.3 is 0 Å². The second-order valence-electron chi connectivity index (χ2n) is 5.38. The van der Waals surface area contributed by atoms with Crippen molar-refractivity contribution in [3.05, 3.63) is 35.3 Å². The zero-order valence-corrected chi connectivity index (χ0v) is 14.1. The van der Waals surface area contributed by atoms with Gasteiger partial charge in [0.2, 0.25) is 5.91 Å². The Morgan fingerprint density at radius 2 is 1.95 bits per heavy atom. The molecule has 6 heteroatoms. The summed E-state index contributed by atoms with van der Waals surface area (Å²) >= 11 is 1.64. The van der Waals surface area contributed by atoms with Gasteiger partial charge in [-0.05, 0) is 57.1 Å². The van der Waals surface area contributed by atoms with E-state index in [9.17, 15) is 4.79 Å². The van der Waals surface area contributed by atoms with Crippen LogP contribution in [0.1, 0.15) is 18.5 Å². The lowest BCUT2D eigenvalue weighted by Crippen LogP contribution is -2.34. The summed E-state index contributed by atoms with van der Waals surface area (Å²) in [5, 5.41) is 9.35. The van der Waals surface area contributed by atoms with Gasteiger partial charge in [0, 0.05) is 28.2 Å². The predicted molar refractivity (Wildman–Crippen MR) is 93.8 cm³/mol. The minimum absolute atomic E-state index is 0. The number of amides is 1. The van der Waals surface area contributed by atoms with Crippen molar-refractivity contribution in [1.29, 1.82) is 0 Å². The number of aromatic nitrogens is 1. The number of carbonyl (C=O) groups excluding carboxylic acids is 1. The number of thiazole rings is 1. The van der Waals surface area contributed by atoms with Crippen LogP contribution in [-0.4, -0.2) is 24.0 Å². The topological polar surface area (TPSA) is 54.0 Å². The van der Waals surface area contributed by atoms with E-state index in [1.807, 2.05) is 36.6 Å². The van der Waals surface area contributed by atoms with Crippen molar-refractivity contribution in [2.24, 2.45) is 5.92 Å². The highest BCUT2D eigenvalue weighted by Gasteiger charge is 2.20. The number of piperidine rings is 1. The van der Waals surface area contributed by atoms with Crippen molar-refractivity contribution in [2.75, 3.05) is 18.4 Å². The molecule has 118 valence electrons. The van der Waals surface area contributed by atoms with Crippen LogP contribution in [0.15, 0.2) is 29.6 Å². The van der Waals surface area contributed by atoms with Gasteiger partial charge in [-0.1, -0.05) is 0 Å². The van der Waals surface area contributed by atoms with Crippen LogP contribution in [0.5, 0.6) is 0 Å². The molecule has 0 spiro atoms. The molecular formula is C16H20ClN3OS. The number of nitrogens with one attached hydrogen (secondary N) is 2. The first-order valence-corrected chi connectivity index (χ1v) is 8.14. The van der Waals surface area contributed by atoms with Crippen molar-refractivity contribution in [3.63, 3.8) is 0 Å². The fourth-order valence-electron chi connectivity index (χ4n) is 2.51. The Balaban J connectivity index is 0.00000176. The highest BCUT2D eigenvalue weighted by atomic mass is 35.5. The molecule has 0 atom stereocenters. The molecule has 1 aromatic heterocycles.